The monoisotopic (exact) mass is 257 g/mol. The molecule has 0 aliphatic heterocycles. The minimum atomic E-state index is 0.732. The Hall–Kier alpha value is -0.610. The van der Waals surface area contributed by atoms with Crippen molar-refractivity contribution in [1.82, 2.24) is 4.98 Å². The molecule has 0 amide bonds. The van der Waals surface area contributed by atoms with E-state index in [0.717, 1.165) is 21.7 Å². The van der Waals surface area contributed by atoms with Gasteiger partial charge < -0.3 is 4.42 Å². The van der Waals surface area contributed by atoms with E-state index in [9.17, 15) is 0 Å². The lowest BCUT2D eigenvalue weighted by Gasteiger charge is -1.92. The highest BCUT2D eigenvalue weighted by atomic mass is 79.9. The third-order valence-corrected chi connectivity index (χ3v) is 3.26. The maximum atomic E-state index is 5.32. The molecule has 2 rings (SSSR count). The van der Waals surface area contributed by atoms with Crippen molar-refractivity contribution in [1.29, 1.82) is 0 Å². The smallest absolute Gasteiger partial charge is 0.181 e. The summed E-state index contributed by atoms with van der Waals surface area (Å²) in [5.74, 6) is 0.884. The van der Waals surface area contributed by atoms with Crippen LogP contribution in [0.15, 0.2) is 22.9 Å². The van der Waals surface area contributed by atoms with Gasteiger partial charge in [0.05, 0.1) is 10.6 Å². The van der Waals surface area contributed by atoms with Crippen LogP contribution in [0.25, 0.3) is 10.6 Å². The Bertz CT molecular complexity index is 407. The lowest BCUT2D eigenvalue weighted by Crippen LogP contribution is -1.78. The average Bonchev–Trinajstić information content (AvgIpc) is 2.71. The van der Waals surface area contributed by atoms with Crippen molar-refractivity contribution in [3.63, 3.8) is 0 Å². The van der Waals surface area contributed by atoms with Crippen molar-refractivity contribution >= 4 is 27.3 Å². The van der Waals surface area contributed by atoms with E-state index in [4.69, 9.17) is 4.42 Å². The number of halogens is 1. The SMILES string of the molecule is Cc1ccc(-c2ocnc2CBr)s1. The molecule has 0 aliphatic carbocycles. The van der Waals surface area contributed by atoms with Crippen molar-refractivity contribution in [2.45, 2.75) is 12.3 Å². The summed E-state index contributed by atoms with van der Waals surface area (Å²) < 4.78 is 5.32. The summed E-state index contributed by atoms with van der Waals surface area (Å²) in [7, 11) is 0. The fraction of sp³-hybridized carbons (Fsp3) is 0.222. The summed E-state index contributed by atoms with van der Waals surface area (Å²) in [6, 6.07) is 4.15. The number of oxazole rings is 1. The summed E-state index contributed by atoms with van der Waals surface area (Å²) in [6.45, 7) is 2.08. The molecular weight excluding hydrogens is 250 g/mol. The molecule has 4 heteroatoms. The van der Waals surface area contributed by atoms with Crippen LogP contribution < -0.4 is 0 Å². The summed E-state index contributed by atoms with van der Waals surface area (Å²) >= 11 is 5.09. The Morgan fingerprint density at radius 1 is 1.54 bits per heavy atom. The van der Waals surface area contributed by atoms with Crippen molar-refractivity contribution in [3.05, 3.63) is 29.1 Å². The van der Waals surface area contributed by atoms with Crippen LogP contribution in [0.1, 0.15) is 10.6 Å². The number of aromatic nitrogens is 1. The number of aryl methyl sites for hydroxylation is 1. The van der Waals surface area contributed by atoms with Crippen LogP contribution in [0.4, 0.5) is 0 Å². The molecule has 0 atom stereocenters. The van der Waals surface area contributed by atoms with E-state index in [1.54, 1.807) is 11.3 Å². The summed E-state index contributed by atoms with van der Waals surface area (Å²) in [6.07, 6.45) is 1.49. The topological polar surface area (TPSA) is 26.0 Å². The second kappa shape index (κ2) is 3.64. The molecular formula is C9H8BrNOS. The minimum Gasteiger partial charge on any atom is -0.442 e. The number of nitrogens with zero attached hydrogens (tertiary/aromatic N) is 1. The Morgan fingerprint density at radius 3 is 3.00 bits per heavy atom. The summed E-state index contributed by atoms with van der Waals surface area (Å²) in [5, 5.41) is 0.732. The van der Waals surface area contributed by atoms with Gasteiger partial charge in [0, 0.05) is 10.2 Å². The van der Waals surface area contributed by atoms with E-state index >= 15 is 0 Å². The van der Waals surface area contributed by atoms with Crippen molar-refractivity contribution < 1.29 is 4.42 Å². The van der Waals surface area contributed by atoms with Gasteiger partial charge in [0.15, 0.2) is 12.2 Å². The number of alkyl halides is 1. The first kappa shape index (κ1) is 8.97. The van der Waals surface area contributed by atoms with Crippen LogP contribution in [-0.2, 0) is 5.33 Å². The Balaban J connectivity index is 2.45. The van der Waals surface area contributed by atoms with Gasteiger partial charge in [0.1, 0.15) is 0 Å². The van der Waals surface area contributed by atoms with Gasteiger partial charge in [-0.1, -0.05) is 15.9 Å². The molecule has 0 aliphatic rings. The highest BCUT2D eigenvalue weighted by molar-refractivity contribution is 9.08. The van der Waals surface area contributed by atoms with Crippen LogP contribution in [0.5, 0.6) is 0 Å². The van der Waals surface area contributed by atoms with Crippen LogP contribution >= 0.6 is 27.3 Å². The molecule has 0 spiro atoms. The zero-order chi connectivity index (χ0) is 9.26. The van der Waals surface area contributed by atoms with Gasteiger partial charge >= 0.3 is 0 Å². The highest BCUT2D eigenvalue weighted by Crippen LogP contribution is 2.30. The van der Waals surface area contributed by atoms with E-state index < -0.39 is 0 Å². The van der Waals surface area contributed by atoms with Crippen molar-refractivity contribution in [2.24, 2.45) is 0 Å². The Kier molecular flexibility index (Phi) is 2.51. The molecule has 2 heterocycles. The molecule has 13 heavy (non-hydrogen) atoms. The molecule has 68 valence electrons. The Labute approximate surface area is 88.7 Å². The number of hydrogen-bond donors (Lipinski definition) is 0. The molecule has 0 saturated carbocycles. The molecule has 2 aromatic heterocycles. The predicted octanol–water partition coefficient (Wildman–Crippen LogP) is 3.61. The van der Waals surface area contributed by atoms with E-state index in [-0.39, 0.29) is 0 Å². The molecule has 0 bridgehead atoms. The van der Waals surface area contributed by atoms with Gasteiger partial charge in [-0.05, 0) is 19.1 Å². The molecule has 0 saturated heterocycles. The third-order valence-electron chi connectivity index (χ3n) is 1.73. The minimum absolute atomic E-state index is 0.732. The van der Waals surface area contributed by atoms with Gasteiger partial charge in [-0.3, -0.25) is 0 Å². The lowest BCUT2D eigenvalue weighted by atomic mass is 10.3. The van der Waals surface area contributed by atoms with Gasteiger partial charge in [-0.25, -0.2) is 4.98 Å². The maximum Gasteiger partial charge on any atom is 0.181 e. The number of rotatable bonds is 2. The van der Waals surface area contributed by atoms with Crippen LogP contribution in [0.3, 0.4) is 0 Å². The lowest BCUT2D eigenvalue weighted by molar-refractivity contribution is 0.572. The first-order valence-corrected chi connectivity index (χ1v) is 5.80. The van der Waals surface area contributed by atoms with Crippen LogP contribution in [0.2, 0.25) is 0 Å². The van der Waals surface area contributed by atoms with E-state index in [2.05, 4.69) is 40.0 Å². The van der Waals surface area contributed by atoms with Gasteiger partial charge in [-0.15, -0.1) is 11.3 Å². The second-order valence-corrected chi connectivity index (χ2v) is 4.52. The van der Waals surface area contributed by atoms with Gasteiger partial charge in [0.2, 0.25) is 0 Å². The third kappa shape index (κ3) is 1.69. The van der Waals surface area contributed by atoms with Crippen LogP contribution in [-0.4, -0.2) is 4.98 Å². The number of thiophene rings is 1. The average molecular weight is 258 g/mol. The zero-order valence-corrected chi connectivity index (χ0v) is 9.48. The van der Waals surface area contributed by atoms with E-state index in [1.807, 2.05) is 0 Å². The predicted molar refractivity (Wildman–Crippen MR) is 57.2 cm³/mol. The zero-order valence-electron chi connectivity index (χ0n) is 7.08. The van der Waals surface area contributed by atoms with Crippen LogP contribution in [0, 0.1) is 6.92 Å². The summed E-state index contributed by atoms with van der Waals surface area (Å²) in [5.41, 5.74) is 0.960. The molecule has 0 N–H and O–H groups in total. The van der Waals surface area contributed by atoms with Gasteiger partial charge in [0.25, 0.3) is 0 Å². The largest absolute Gasteiger partial charge is 0.442 e. The molecule has 0 aromatic carbocycles. The molecule has 0 fully saturated rings. The van der Waals surface area contributed by atoms with Gasteiger partial charge in [-0.2, -0.15) is 0 Å². The maximum absolute atomic E-state index is 5.32. The molecule has 0 unspecified atom stereocenters. The fourth-order valence-electron chi connectivity index (χ4n) is 1.12. The second-order valence-electron chi connectivity index (χ2n) is 2.67. The fourth-order valence-corrected chi connectivity index (χ4v) is 2.40. The molecule has 2 aromatic rings. The first-order valence-electron chi connectivity index (χ1n) is 3.86. The standard InChI is InChI=1S/C9H8BrNOS/c1-6-2-3-8(13-6)9-7(4-10)11-5-12-9/h2-3,5H,4H2,1H3. The highest BCUT2D eigenvalue weighted by Gasteiger charge is 2.10. The van der Waals surface area contributed by atoms with Crippen molar-refractivity contribution in [2.75, 3.05) is 0 Å². The van der Waals surface area contributed by atoms with E-state index in [1.165, 1.54) is 11.3 Å². The van der Waals surface area contributed by atoms with Crippen molar-refractivity contribution in [3.8, 4) is 10.6 Å². The number of hydrogen-bond acceptors (Lipinski definition) is 3. The Morgan fingerprint density at radius 2 is 2.38 bits per heavy atom. The van der Waals surface area contributed by atoms with E-state index in [0.29, 0.717) is 0 Å². The summed E-state index contributed by atoms with van der Waals surface area (Å²) in [4.78, 5) is 6.54. The molecule has 0 radical (unpaired) electrons. The normalized spacial score (nSPS) is 10.6. The first-order chi connectivity index (χ1) is 6.31. The quantitative estimate of drug-likeness (QED) is 0.769. The molecule has 2 nitrogen and oxygen atoms in total.